The normalized spacial score (nSPS) is 19.1. The summed E-state index contributed by atoms with van der Waals surface area (Å²) in [4.78, 5) is 6.92. The monoisotopic (exact) mass is 302 g/mol. The van der Waals surface area contributed by atoms with E-state index >= 15 is 0 Å². The van der Waals surface area contributed by atoms with Gasteiger partial charge in [-0.1, -0.05) is 23.4 Å². The molecule has 0 spiro atoms. The summed E-state index contributed by atoms with van der Waals surface area (Å²) in [7, 11) is 2.06. The van der Waals surface area contributed by atoms with E-state index < -0.39 is 0 Å². The average molecular weight is 302 g/mol. The summed E-state index contributed by atoms with van der Waals surface area (Å²) in [6.07, 6.45) is 1.16. The Morgan fingerprint density at radius 3 is 3.00 bits per heavy atom. The maximum absolute atomic E-state index is 9.01. The molecule has 0 bridgehead atoms. The molecule has 0 amide bonds. The van der Waals surface area contributed by atoms with Crippen molar-refractivity contribution in [3.63, 3.8) is 0 Å². The number of benzene rings is 1. The summed E-state index contributed by atoms with van der Waals surface area (Å²) in [5, 5.41) is 13.1. The van der Waals surface area contributed by atoms with Gasteiger partial charge in [0.1, 0.15) is 5.82 Å². The number of rotatable bonds is 3. The molecule has 1 saturated heterocycles. The fraction of sp³-hybridized carbons (Fsp3) is 0.333. The van der Waals surface area contributed by atoms with Gasteiger partial charge in [-0.25, -0.2) is 4.98 Å². The Labute approximate surface area is 127 Å². The summed E-state index contributed by atoms with van der Waals surface area (Å²) >= 11 is 1.97. The van der Waals surface area contributed by atoms with Crippen molar-refractivity contribution < 1.29 is 5.21 Å². The maximum atomic E-state index is 9.01. The molecule has 6 heteroatoms. The van der Waals surface area contributed by atoms with Gasteiger partial charge in [-0.05, 0) is 24.3 Å². The molecule has 2 aromatic rings. The molecule has 2 heterocycles. The van der Waals surface area contributed by atoms with Crippen molar-refractivity contribution in [3.8, 4) is 0 Å². The van der Waals surface area contributed by atoms with E-state index in [1.807, 2.05) is 42.1 Å². The third kappa shape index (κ3) is 2.63. The van der Waals surface area contributed by atoms with Crippen molar-refractivity contribution in [2.45, 2.75) is 12.5 Å². The topological polar surface area (TPSA) is 74.7 Å². The molecule has 1 aliphatic heterocycles. The first-order valence-electron chi connectivity index (χ1n) is 6.89. The Morgan fingerprint density at radius 2 is 2.29 bits per heavy atom. The number of anilines is 1. The molecule has 0 aliphatic carbocycles. The molecular weight excluding hydrogens is 284 g/mol. The van der Waals surface area contributed by atoms with Gasteiger partial charge in [0, 0.05) is 29.8 Å². The second-order valence-electron chi connectivity index (χ2n) is 5.16. The molecule has 3 N–H and O–H groups in total. The minimum absolute atomic E-state index is 0.115. The smallest absolute Gasteiger partial charge is 0.170 e. The molecule has 1 atom stereocenters. The van der Waals surface area contributed by atoms with Crippen molar-refractivity contribution in [2.24, 2.45) is 10.9 Å². The van der Waals surface area contributed by atoms with Gasteiger partial charge in [0.25, 0.3) is 0 Å². The molecule has 21 heavy (non-hydrogen) atoms. The van der Waals surface area contributed by atoms with Gasteiger partial charge in [0.15, 0.2) is 5.84 Å². The van der Waals surface area contributed by atoms with Crippen LogP contribution in [0.15, 0.2) is 35.5 Å². The second kappa shape index (κ2) is 5.81. The number of pyridine rings is 1. The van der Waals surface area contributed by atoms with Gasteiger partial charge >= 0.3 is 0 Å². The number of hydrogen-bond donors (Lipinski definition) is 2. The van der Waals surface area contributed by atoms with E-state index in [1.165, 1.54) is 5.75 Å². The van der Waals surface area contributed by atoms with Gasteiger partial charge in [0.05, 0.1) is 5.52 Å². The summed E-state index contributed by atoms with van der Waals surface area (Å²) in [5.74, 6) is 3.28. The van der Waals surface area contributed by atoms with E-state index in [0.29, 0.717) is 6.04 Å². The van der Waals surface area contributed by atoms with Crippen LogP contribution in [-0.2, 0) is 0 Å². The van der Waals surface area contributed by atoms with E-state index in [4.69, 9.17) is 15.9 Å². The van der Waals surface area contributed by atoms with Gasteiger partial charge in [-0.2, -0.15) is 11.8 Å². The van der Waals surface area contributed by atoms with Crippen LogP contribution in [0.2, 0.25) is 0 Å². The highest BCUT2D eigenvalue weighted by Crippen LogP contribution is 2.28. The minimum atomic E-state index is 0.115. The predicted octanol–water partition coefficient (Wildman–Crippen LogP) is 2.27. The quantitative estimate of drug-likeness (QED) is 0.394. The lowest BCUT2D eigenvalue weighted by molar-refractivity contribution is 0.318. The molecule has 1 unspecified atom stereocenters. The first kappa shape index (κ1) is 14.0. The minimum Gasteiger partial charge on any atom is -0.409 e. The van der Waals surface area contributed by atoms with Crippen molar-refractivity contribution in [2.75, 3.05) is 23.5 Å². The van der Waals surface area contributed by atoms with Crippen LogP contribution in [0, 0.1) is 0 Å². The Bertz CT molecular complexity index is 682. The Balaban J connectivity index is 2.11. The number of nitrogens with zero attached hydrogens (tertiary/aromatic N) is 3. The average Bonchev–Trinajstić information content (AvgIpc) is 3.06. The molecule has 1 fully saturated rings. The maximum Gasteiger partial charge on any atom is 0.170 e. The number of para-hydroxylation sites is 1. The van der Waals surface area contributed by atoms with Crippen LogP contribution in [0.3, 0.4) is 0 Å². The van der Waals surface area contributed by atoms with E-state index in [-0.39, 0.29) is 5.84 Å². The molecule has 3 rings (SSSR count). The summed E-state index contributed by atoms with van der Waals surface area (Å²) in [6, 6.07) is 10.1. The van der Waals surface area contributed by atoms with Crippen molar-refractivity contribution in [1.82, 2.24) is 4.98 Å². The van der Waals surface area contributed by atoms with Crippen LogP contribution in [0.5, 0.6) is 0 Å². The third-order valence-electron chi connectivity index (χ3n) is 3.90. The molecule has 110 valence electrons. The number of amidine groups is 1. The lowest BCUT2D eigenvalue weighted by Gasteiger charge is -2.25. The van der Waals surface area contributed by atoms with Crippen LogP contribution in [0.1, 0.15) is 12.0 Å². The van der Waals surface area contributed by atoms with Gasteiger partial charge in [-0.3, -0.25) is 0 Å². The van der Waals surface area contributed by atoms with E-state index in [1.54, 1.807) is 0 Å². The molecule has 1 aromatic heterocycles. The summed E-state index contributed by atoms with van der Waals surface area (Å²) in [5.41, 5.74) is 7.41. The lowest BCUT2D eigenvalue weighted by Crippen LogP contribution is -2.32. The zero-order chi connectivity index (χ0) is 14.8. The molecule has 1 aliphatic rings. The second-order valence-corrected chi connectivity index (χ2v) is 6.31. The Hall–Kier alpha value is -1.95. The van der Waals surface area contributed by atoms with Crippen molar-refractivity contribution in [1.29, 1.82) is 0 Å². The lowest BCUT2D eigenvalue weighted by atomic mass is 10.1. The first-order valence-corrected chi connectivity index (χ1v) is 8.04. The van der Waals surface area contributed by atoms with Crippen LogP contribution < -0.4 is 10.6 Å². The molecular formula is C15H18N4OS. The number of nitrogens with two attached hydrogens (primary N) is 1. The van der Waals surface area contributed by atoms with Crippen molar-refractivity contribution in [3.05, 3.63) is 35.9 Å². The van der Waals surface area contributed by atoms with Crippen LogP contribution in [-0.4, -0.2) is 40.6 Å². The van der Waals surface area contributed by atoms with E-state index in [2.05, 4.69) is 17.1 Å². The number of thioether (sulfide) groups is 1. The predicted molar refractivity (Wildman–Crippen MR) is 88.4 cm³/mol. The largest absolute Gasteiger partial charge is 0.409 e. The highest BCUT2D eigenvalue weighted by atomic mass is 32.2. The first-order chi connectivity index (χ1) is 10.2. The van der Waals surface area contributed by atoms with Gasteiger partial charge in [0.2, 0.25) is 0 Å². The highest BCUT2D eigenvalue weighted by molar-refractivity contribution is 7.99. The fourth-order valence-electron chi connectivity index (χ4n) is 2.62. The van der Waals surface area contributed by atoms with Gasteiger partial charge in [-0.15, -0.1) is 0 Å². The van der Waals surface area contributed by atoms with Crippen LogP contribution in [0.25, 0.3) is 10.9 Å². The molecule has 0 saturated carbocycles. The van der Waals surface area contributed by atoms with Gasteiger partial charge < -0.3 is 15.8 Å². The summed E-state index contributed by atoms with van der Waals surface area (Å²) in [6.45, 7) is 0. The number of aromatic nitrogens is 1. The SMILES string of the molecule is CN(c1cc(C(N)=NO)c2ccccc2n1)C1CCSC1. The standard InChI is InChI=1S/C15H18N4OS/c1-19(10-6-7-21-9-10)14-8-12(15(16)18-20)11-4-2-3-5-13(11)17-14/h2-5,8,10,20H,6-7,9H2,1H3,(H2,16,18). The number of oxime groups is 1. The van der Waals surface area contributed by atoms with Crippen LogP contribution in [0.4, 0.5) is 5.82 Å². The molecule has 0 radical (unpaired) electrons. The third-order valence-corrected chi connectivity index (χ3v) is 5.05. The zero-order valence-corrected chi connectivity index (χ0v) is 12.7. The van der Waals surface area contributed by atoms with E-state index in [9.17, 15) is 0 Å². The fourth-order valence-corrected chi connectivity index (χ4v) is 3.89. The molecule has 5 nitrogen and oxygen atoms in total. The highest BCUT2D eigenvalue weighted by Gasteiger charge is 2.22. The summed E-state index contributed by atoms with van der Waals surface area (Å²) < 4.78 is 0. The Morgan fingerprint density at radius 1 is 1.48 bits per heavy atom. The van der Waals surface area contributed by atoms with Crippen molar-refractivity contribution >= 4 is 34.3 Å². The zero-order valence-electron chi connectivity index (χ0n) is 11.9. The number of hydrogen-bond acceptors (Lipinski definition) is 5. The Kier molecular flexibility index (Phi) is 3.88. The van der Waals surface area contributed by atoms with Crippen LogP contribution >= 0.6 is 11.8 Å². The van der Waals surface area contributed by atoms with E-state index in [0.717, 1.165) is 34.5 Å². The number of fused-ring (bicyclic) bond motifs is 1. The molecule has 1 aromatic carbocycles.